The quantitative estimate of drug-likeness (QED) is 0.102. The van der Waals surface area contributed by atoms with Crippen molar-refractivity contribution in [2.75, 3.05) is 20.3 Å². The Morgan fingerprint density at radius 2 is 1.49 bits per heavy atom. The molecule has 0 aliphatic carbocycles. The number of rotatable bonds is 9. The fourth-order valence-corrected chi connectivity index (χ4v) is 6.15. The van der Waals surface area contributed by atoms with Gasteiger partial charge in [0.2, 0.25) is 23.8 Å². The first-order valence-corrected chi connectivity index (χ1v) is 16.3. The van der Waals surface area contributed by atoms with Crippen LogP contribution in [0, 0.1) is 0 Å². The molecule has 0 bridgehead atoms. The largest absolute Gasteiger partial charge is 0.507 e. The second kappa shape index (κ2) is 15.5. The molecule has 2 aromatic carbocycles. The molecule has 3 aromatic rings. The molecular weight excluding hydrogens is 716 g/mol. The lowest BCUT2D eigenvalue weighted by molar-refractivity contribution is -0.355. The molecule has 1 aromatic heterocycles. The zero-order valence-corrected chi connectivity index (χ0v) is 28.0. The third-order valence-corrected chi connectivity index (χ3v) is 9.21. The van der Waals surface area contributed by atoms with Crippen LogP contribution in [0.1, 0.15) is 6.92 Å². The van der Waals surface area contributed by atoms with Crippen molar-refractivity contribution in [2.45, 2.75) is 92.9 Å². The van der Waals surface area contributed by atoms with Gasteiger partial charge in [-0.15, -0.1) is 0 Å². The molecule has 20 nitrogen and oxygen atoms in total. The topological polar surface area (TPSA) is 317 Å². The predicted molar refractivity (Wildman–Crippen MR) is 172 cm³/mol. The third kappa shape index (κ3) is 7.34. The van der Waals surface area contributed by atoms with Gasteiger partial charge in [-0.25, -0.2) is 0 Å². The first-order valence-electron chi connectivity index (χ1n) is 16.3. The van der Waals surface area contributed by atoms with Crippen molar-refractivity contribution in [3.05, 3.63) is 40.6 Å². The van der Waals surface area contributed by atoms with E-state index in [9.17, 15) is 61.0 Å². The second-order valence-electron chi connectivity index (χ2n) is 12.8. The number of aliphatic hydroxyl groups is 9. The van der Waals surface area contributed by atoms with Gasteiger partial charge in [-0.1, -0.05) is 0 Å². The molecule has 53 heavy (non-hydrogen) atoms. The van der Waals surface area contributed by atoms with Crippen LogP contribution in [0.2, 0.25) is 0 Å². The van der Waals surface area contributed by atoms with E-state index in [1.54, 1.807) is 0 Å². The van der Waals surface area contributed by atoms with E-state index in [-0.39, 0.29) is 34.2 Å². The van der Waals surface area contributed by atoms with Crippen molar-refractivity contribution in [2.24, 2.45) is 0 Å². The fraction of sp³-hybridized carbons (Fsp3) is 0.545. The highest BCUT2D eigenvalue weighted by Crippen LogP contribution is 2.40. The Kier molecular flexibility index (Phi) is 11.3. The molecule has 0 radical (unpaired) electrons. The minimum atomic E-state index is -1.89. The van der Waals surface area contributed by atoms with Gasteiger partial charge in [0.15, 0.2) is 29.7 Å². The number of ether oxygens (including phenoxy) is 7. The molecule has 0 saturated carbocycles. The lowest BCUT2D eigenvalue weighted by Gasteiger charge is -2.45. The zero-order chi connectivity index (χ0) is 38.5. The van der Waals surface area contributed by atoms with E-state index in [2.05, 4.69) is 0 Å². The van der Waals surface area contributed by atoms with Gasteiger partial charge >= 0.3 is 0 Å². The van der Waals surface area contributed by atoms with Gasteiger partial charge in [0.25, 0.3) is 0 Å². The second-order valence-corrected chi connectivity index (χ2v) is 12.8. The van der Waals surface area contributed by atoms with Crippen LogP contribution in [-0.4, -0.2) is 163 Å². The highest BCUT2D eigenvalue weighted by molar-refractivity contribution is 5.88. The van der Waals surface area contributed by atoms with Crippen molar-refractivity contribution in [3.63, 3.8) is 0 Å². The number of phenolic OH excluding ortho intramolecular Hbond substituents is 2. The average molecular weight is 757 g/mol. The van der Waals surface area contributed by atoms with Gasteiger partial charge in [-0.3, -0.25) is 4.79 Å². The lowest BCUT2D eigenvalue weighted by Crippen LogP contribution is -2.64. The Morgan fingerprint density at radius 3 is 2.19 bits per heavy atom. The van der Waals surface area contributed by atoms with Crippen LogP contribution >= 0.6 is 0 Å². The highest BCUT2D eigenvalue weighted by Gasteiger charge is 2.51. The van der Waals surface area contributed by atoms with Crippen molar-refractivity contribution in [1.82, 2.24) is 0 Å². The Morgan fingerprint density at radius 1 is 0.774 bits per heavy atom. The van der Waals surface area contributed by atoms with E-state index in [1.807, 2.05) is 0 Å². The highest BCUT2D eigenvalue weighted by atomic mass is 16.8. The smallest absolute Gasteiger partial charge is 0.239 e. The van der Waals surface area contributed by atoms with Gasteiger partial charge < -0.3 is 93.7 Å². The summed E-state index contributed by atoms with van der Waals surface area (Å²) in [7, 11) is 1.27. The summed E-state index contributed by atoms with van der Waals surface area (Å²) in [5.74, 6) is -2.25. The predicted octanol–water partition coefficient (Wildman–Crippen LogP) is -3.27. The van der Waals surface area contributed by atoms with E-state index in [4.69, 9.17) is 37.6 Å². The maximum absolute atomic E-state index is 14.0. The van der Waals surface area contributed by atoms with E-state index in [1.165, 1.54) is 32.2 Å². The van der Waals surface area contributed by atoms with Crippen LogP contribution in [0.5, 0.6) is 28.7 Å². The van der Waals surface area contributed by atoms with E-state index in [0.717, 1.165) is 12.1 Å². The number of aromatic hydroxyl groups is 2. The average Bonchev–Trinajstić information content (AvgIpc) is 3.13. The van der Waals surface area contributed by atoms with Crippen LogP contribution in [0.15, 0.2) is 39.5 Å². The fourth-order valence-electron chi connectivity index (χ4n) is 6.15. The van der Waals surface area contributed by atoms with E-state index < -0.39 is 122 Å². The van der Waals surface area contributed by atoms with Crippen LogP contribution in [0.3, 0.4) is 0 Å². The van der Waals surface area contributed by atoms with Crippen LogP contribution in [0.4, 0.5) is 0 Å². The molecule has 20 heteroatoms. The number of phenols is 2. The molecule has 14 unspecified atom stereocenters. The van der Waals surface area contributed by atoms with Gasteiger partial charge in [-0.05, 0) is 25.1 Å². The van der Waals surface area contributed by atoms with Gasteiger partial charge in [0, 0.05) is 17.7 Å². The molecule has 3 saturated heterocycles. The molecule has 292 valence electrons. The summed E-state index contributed by atoms with van der Waals surface area (Å²) in [6.07, 6.45) is -23.0. The number of fused-ring (bicyclic) bond motifs is 1. The maximum atomic E-state index is 14.0. The number of hydrogen-bond acceptors (Lipinski definition) is 20. The summed E-state index contributed by atoms with van der Waals surface area (Å²) >= 11 is 0. The number of aliphatic hydroxyl groups excluding tert-OH is 9. The van der Waals surface area contributed by atoms with Gasteiger partial charge in [-0.2, -0.15) is 0 Å². The number of methoxy groups -OCH3 is 1. The SMILES string of the molecule is COc1cc(-c2oc3cc(OC4OC(C)C(O)C(O)C4OC4OC(CO)C(O)C(O)C4O)cc(O)c3c(=O)c2OC2OCC(O)C(O)C2O)ccc1O. The van der Waals surface area contributed by atoms with Crippen molar-refractivity contribution >= 4 is 11.0 Å². The monoisotopic (exact) mass is 756 g/mol. The third-order valence-electron chi connectivity index (χ3n) is 9.21. The Labute approximate surface area is 298 Å². The van der Waals surface area contributed by atoms with Gasteiger partial charge in [0.05, 0.1) is 26.4 Å². The summed E-state index contributed by atoms with van der Waals surface area (Å²) < 4.78 is 45.0. The molecule has 3 fully saturated rings. The molecule has 6 rings (SSSR count). The summed E-state index contributed by atoms with van der Waals surface area (Å²) in [5.41, 5.74) is -1.24. The molecule has 4 heterocycles. The van der Waals surface area contributed by atoms with Crippen LogP contribution in [0.25, 0.3) is 22.3 Å². The molecule has 3 aliphatic heterocycles. The number of benzene rings is 2. The summed E-state index contributed by atoms with van der Waals surface area (Å²) in [6.45, 7) is 0.156. The van der Waals surface area contributed by atoms with Gasteiger partial charge in [0.1, 0.15) is 77.4 Å². The van der Waals surface area contributed by atoms with Crippen LogP contribution in [-0.2, 0) is 18.9 Å². The molecule has 3 aliphatic rings. The van der Waals surface area contributed by atoms with Crippen molar-refractivity contribution < 1.29 is 93.7 Å². The Bertz CT molecular complexity index is 1820. The van der Waals surface area contributed by atoms with Crippen molar-refractivity contribution in [1.29, 1.82) is 0 Å². The summed E-state index contributed by atoms with van der Waals surface area (Å²) in [6, 6.07) is 5.95. The number of hydrogen-bond donors (Lipinski definition) is 11. The molecule has 0 amide bonds. The van der Waals surface area contributed by atoms with Crippen molar-refractivity contribution in [3.8, 4) is 40.1 Å². The molecule has 11 N–H and O–H groups in total. The summed E-state index contributed by atoms with van der Waals surface area (Å²) in [4.78, 5) is 14.0. The van der Waals surface area contributed by atoms with Crippen LogP contribution < -0.4 is 19.6 Å². The molecule has 0 spiro atoms. The summed E-state index contributed by atoms with van der Waals surface area (Å²) in [5, 5.41) is 113. The maximum Gasteiger partial charge on any atom is 0.239 e. The standard InChI is InChI=1S/C33H40O20/c1-10-20(38)25(43)30(53-32-27(45)24(42)22(40)18(8-34)51-32)33(48-10)49-12-6-14(36)19-17(7-12)50-28(11-3-4-13(35)16(5-11)46-2)29(23(19)41)52-31-26(44)21(39)15(37)9-47-31/h3-7,10,15,18,20-22,24-27,30-40,42-45H,8-9H2,1-2H3. The normalized spacial score (nSPS) is 36.3. The lowest BCUT2D eigenvalue weighted by atomic mass is 9.97. The first kappa shape index (κ1) is 38.8. The van der Waals surface area contributed by atoms with E-state index in [0.29, 0.717) is 0 Å². The minimum Gasteiger partial charge on any atom is -0.507 e. The van der Waals surface area contributed by atoms with E-state index >= 15 is 0 Å². The first-order chi connectivity index (χ1) is 25.1. The zero-order valence-electron chi connectivity index (χ0n) is 28.0. The Balaban J connectivity index is 1.39. The molecule has 14 atom stereocenters. The minimum absolute atomic E-state index is 0.0432. The Hall–Kier alpha value is -3.87. The molecular formula is C33H40O20.